The average molecular weight is 289 g/mol. The molecule has 0 aromatic rings. The lowest BCUT2D eigenvalue weighted by Crippen LogP contribution is -2.47. The Morgan fingerprint density at radius 1 is 1.26 bits per heavy atom. The van der Waals surface area contributed by atoms with Gasteiger partial charge in [-0.05, 0) is 36.5 Å². The molecule has 1 N–H and O–H groups in total. The minimum absolute atomic E-state index is 0. The van der Waals surface area contributed by atoms with Crippen LogP contribution >= 0.6 is 12.4 Å². The van der Waals surface area contributed by atoms with E-state index in [0.717, 1.165) is 38.5 Å². The van der Waals surface area contributed by atoms with Crippen molar-refractivity contribution in [3.8, 4) is 0 Å². The number of halogens is 1. The van der Waals surface area contributed by atoms with E-state index >= 15 is 0 Å². The largest absolute Gasteiger partial charge is 0.340 e. The fraction of sp³-hybridized carbons (Fsp3) is 0.933. The van der Waals surface area contributed by atoms with Crippen molar-refractivity contribution in [2.24, 2.45) is 17.3 Å². The molecular weight excluding hydrogens is 260 g/mol. The number of hydrogen-bond donors (Lipinski definition) is 1. The van der Waals surface area contributed by atoms with Gasteiger partial charge in [-0.25, -0.2) is 0 Å². The summed E-state index contributed by atoms with van der Waals surface area (Å²) >= 11 is 0. The highest BCUT2D eigenvalue weighted by Gasteiger charge is 2.33. The zero-order valence-electron chi connectivity index (χ0n) is 12.6. The molecule has 0 aromatic carbocycles. The van der Waals surface area contributed by atoms with E-state index < -0.39 is 0 Å². The summed E-state index contributed by atoms with van der Waals surface area (Å²) in [4.78, 5) is 14.3. The number of carbonyl (C=O) groups is 1. The van der Waals surface area contributed by atoms with Crippen molar-refractivity contribution in [1.29, 1.82) is 0 Å². The third-order valence-corrected chi connectivity index (χ3v) is 4.41. The van der Waals surface area contributed by atoms with Crippen molar-refractivity contribution in [2.75, 3.05) is 26.2 Å². The highest BCUT2D eigenvalue weighted by atomic mass is 35.5. The summed E-state index contributed by atoms with van der Waals surface area (Å²) in [5, 5.41) is 3.30. The van der Waals surface area contributed by atoms with Crippen molar-refractivity contribution >= 4 is 18.3 Å². The summed E-state index contributed by atoms with van der Waals surface area (Å²) in [7, 11) is 0. The van der Waals surface area contributed by atoms with E-state index in [0.29, 0.717) is 17.2 Å². The van der Waals surface area contributed by atoms with E-state index in [1.807, 2.05) is 4.90 Å². The number of nitrogens with one attached hydrogen (secondary N) is 1. The molecule has 2 atom stereocenters. The van der Waals surface area contributed by atoms with E-state index in [1.54, 1.807) is 0 Å². The lowest BCUT2D eigenvalue weighted by Gasteiger charge is -2.39. The molecule has 1 saturated heterocycles. The van der Waals surface area contributed by atoms with Gasteiger partial charge in [0.05, 0.1) is 0 Å². The molecule has 0 spiro atoms. The Kier molecular flexibility index (Phi) is 6.13. The maximum absolute atomic E-state index is 12.3. The molecule has 3 nitrogen and oxygen atoms in total. The first kappa shape index (κ1) is 16.8. The minimum Gasteiger partial charge on any atom is -0.340 e. The van der Waals surface area contributed by atoms with Crippen molar-refractivity contribution in [3.05, 3.63) is 0 Å². The van der Waals surface area contributed by atoms with Gasteiger partial charge in [0.2, 0.25) is 5.91 Å². The molecule has 2 unspecified atom stereocenters. The van der Waals surface area contributed by atoms with E-state index in [1.165, 1.54) is 19.3 Å². The number of hydrogen-bond acceptors (Lipinski definition) is 2. The van der Waals surface area contributed by atoms with Crippen LogP contribution in [0.1, 0.15) is 46.5 Å². The number of piperazine rings is 1. The normalized spacial score (nSPS) is 30.6. The molecule has 4 heteroatoms. The fourth-order valence-corrected chi connectivity index (χ4v) is 3.99. The summed E-state index contributed by atoms with van der Waals surface area (Å²) in [6, 6.07) is 0. The standard InChI is InChI=1S/C15H28N2O.ClH/c1-12-8-13(11-15(2,3)10-12)9-14(18)17-6-4-16-5-7-17;/h12-13,16H,4-11H2,1-3H3;1H. The van der Waals surface area contributed by atoms with Gasteiger partial charge in [0, 0.05) is 32.6 Å². The van der Waals surface area contributed by atoms with Crippen LogP contribution in [0.2, 0.25) is 0 Å². The second-order valence-corrected chi connectivity index (χ2v) is 7.11. The summed E-state index contributed by atoms with van der Waals surface area (Å²) in [5.41, 5.74) is 0.423. The molecule has 1 heterocycles. The van der Waals surface area contributed by atoms with E-state index in [-0.39, 0.29) is 12.4 Å². The predicted octanol–water partition coefficient (Wildman–Crippen LogP) is 2.69. The molecule has 1 saturated carbocycles. The van der Waals surface area contributed by atoms with Crippen molar-refractivity contribution < 1.29 is 4.79 Å². The SMILES string of the molecule is CC1CC(CC(=O)N2CCNCC2)CC(C)(C)C1.Cl. The molecule has 2 rings (SSSR count). The zero-order chi connectivity index (χ0) is 13.2. The smallest absolute Gasteiger partial charge is 0.222 e. The van der Waals surface area contributed by atoms with Gasteiger partial charge in [-0.15, -0.1) is 12.4 Å². The van der Waals surface area contributed by atoms with Crippen LogP contribution in [-0.2, 0) is 4.79 Å². The van der Waals surface area contributed by atoms with Gasteiger partial charge < -0.3 is 10.2 Å². The Morgan fingerprint density at radius 2 is 1.89 bits per heavy atom. The van der Waals surface area contributed by atoms with Crippen molar-refractivity contribution in [3.63, 3.8) is 0 Å². The fourth-order valence-electron chi connectivity index (χ4n) is 3.99. The molecule has 1 aliphatic carbocycles. The molecule has 2 aliphatic rings. The van der Waals surface area contributed by atoms with Crippen LogP contribution < -0.4 is 5.32 Å². The predicted molar refractivity (Wildman–Crippen MR) is 81.6 cm³/mol. The van der Waals surface area contributed by atoms with Crippen LogP contribution in [0.4, 0.5) is 0 Å². The van der Waals surface area contributed by atoms with E-state index in [2.05, 4.69) is 26.1 Å². The van der Waals surface area contributed by atoms with Gasteiger partial charge in [0.25, 0.3) is 0 Å². The van der Waals surface area contributed by atoms with Crippen molar-refractivity contribution in [2.45, 2.75) is 46.5 Å². The minimum atomic E-state index is 0. The number of rotatable bonds is 2. The monoisotopic (exact) mass is 288 g/mol. The second kappa shape index (κ2) is 6.94. The van der Waals surface area contributed by atoms with E-state index in [4.69, 9.17) is 0 Å². The molecule has 0 bridgehead atoms. The first-order valence-corrected chi connectivity index (χ1v) is 7.45. The molecular formula is C15H29ClN2O. The maximum Gasteiger partial charge on any atom is 0.222 e. The summed E-state index contributed by atoms with van der Waals surface area (Å²) in [5.74, 6) is 1.76. The molecule has 1 aliphatic heterocycles. The third-order valence-electron chi connectivity index (χ3n) is 4.41. The Balaban J connectivity index is 0.00000180. The van der Waals surface area contributed by atoms with Crippen molar-refractivity contribution in [1.82, 2.24) is 10.2 Å². The maximum atomic E-state index is 12.3. The number of carbonyl (C=O) groups excluding carboxylic acids is 1. The van der Waals surface area contributed by atoms with Crippen LogP contribution in [0.3, 0.4) is 0 Å². The number of nitrogens with zero attached hydrogens (tertiary/aromatic N) is 1. The topological polar surface area (TPSA) is 32.3 Å². The van der Waals surface area contributed by atoms with E-state index in [9.17, 15) is 4.79 Å². The lowest BCUT2D eigenvalue weighted by molar-refractivity contribution is -0.133. The Labute approximate surface area is 123 Å². The zero-order valence-corrected chi connectivity index (χ0v) is 13.4. The second-order valence-electron chi connectivity index (χ2n) is 7.11. The molecule has 2 fully saturated rings. The van der Waals surface area contributed by atoms with Gasteiger partial charge in [0.15, 0.2) is 0 Å². The van der Waals surface area contributed by atoms with Gasteiger partial charge in [0.1, 0.15) is 0 Å². The molecule has 19 heavy (non-hydrogen) atoms. The van der Waals surface area contributed by atoms with Crippen LogP contribution in [0.15, 0.2) is 0 Å². The van der Waals surface area contributed by atoms with Gasteiger partial charge in [-0.2, -0.15) is 0 Å². The third kappa shape index (κ3) is 4.96. The molecule has 1 amide bonds. The highest BCUT2D eigenvalue weighted by molar-refractivity contribution is 5.85. The van der Waals surface area contributed by atoms with Crippen LogP contribution in [-0.4, -0.2) is 37.0 Å². The quantitative estimate of drug-likeness (QED) is 0.847. The Bertz CT molecular complexity index is 301. The van der Waals surface area contributed by atoms with Gasteiger partial charge in [-0.3, -0.25) is 4.79 Å². The summed E-state index contributed by atoms with van der Waals surface area (Å²) in [6.45, 7) is 10.7. The summed E-state index contributed by atoms with van der Waals surface area (Å²) < 4.78 is 0. The van der Waals surface area contributed by atoms with Gasteiger partial charge in [-0.1, -0.05) is 20.8 Å². The van der Waals surface area contributed by atoms with Crippen LogP contribution in [0, 0.1) is 17.3 Å². The number of amides is 1. The molecule has 0 aromatic heterocycles. The average Bonchev–Trinajstić information content (AvgIpc) is 2.27. The first-order chi connectivity index (χ1) is 8.46. The lowest BCUT2D eigenvalue weighted by atomic mass is 9.67. The molecule has 0 radical (unpaired) electrons. The highest BCUT2D eigenvalue weighted by Crippen LogP contribution is 2.42. The first-order valence-electron chi connectivity index (χ1n) is 7.45. The summed E-state index contributed by atoms with van der Waals surface area (Å²) in [6.07, 6.45) is 4.54. The Morgan fingerprint density at radius 3 is 2.47 bits per heavy atom. The van der Waals surface area contributed by atoms with Crippen LogP contribution in [0.5, 0.6) is 0 Å². The Hall–Kier alpha value is -0.280. The van der Waals surface area contributed by atoms with Gasteiger partial charge >= 0.3 is 0 Å². The van der Waals surface area contributed by atoms with Crippen LogP contribution in [0.25, 0.3) is 0 Å². The molecule has 112 valence electrons.